The van der Waals surface area contributed by atoms with Crippen LogP contribution in [0, 0.1) is 6.92 Å². The first-order chi connectivity index (χ1) is 14.5. The van der Waals surface area contributed by atoms with Crippen molar-refractivity contribution in [3.05, 3.63) is 58.7 Å². The highest BCUT2D eigenvalue weighted by Crippen LogP contribution is 2.28. The Labute approximate surface area is 175 Å². The highest BCUT2D eigenvalue weighted by atomic mass is 16.5. The molecular formula is C21H26N6O3. The molecule has 0 saturated heterocycles. The first kappa shape index (κ1) is 20.1. The van der Waals surface area contributed by atoms with Crippen molar-refractivity contribution < 1.29 is 14.3 Å². The van der Waals surface area contributed by atoms with Crippen LogP contribution in [0.15, 0.2) is 30.5 Å². The van der Waals surface area contributed by atoms with Gasteiger partial charge in [-0.25, -0.2) is 4.68 Å². The van der Waals surface area contributed by atoms with Gasteiger partial charge in [0.1, 0.15) is 11.9 Å². The minimum absolute atomic E-state index is 0.145. The number of amides is 1. The molecule has 9 nitrogen and oxygen atoms in total. The summed E-state index contributed by atoms with van der Waals surface area (Å²) in [6.07, 6.45) is 1.83. The lowest BCUT2D eigenvalue weighted by Gasteiger charge is -2.25. The largest absolute Gasteiger partial charge is 0.497 e. The summed E-state index contributed by atoms with van der Waals surface area (Å²) in [4.78, 5) is 14.6. The van der Waals surface area contributed by atoms with Gasteiger partial charge in [0.15, 0.2) is 5.69 Å². The van der Waals surface area contributed by atoms with E-state index in [9.17, 15) is 4.79 Å². The predicted octanol–water partition coefficient (Wildman–Crippen LogP) is 2.36. The Balaban J connectivity index is 1.47. The Morgan fingerprint density at radius 3 is 2.77 bits per heavy atom. The number of ether oxygens (including phenoxy) is 2. The third-order valence-electron chi connectivity index (χ3n) is 5.41. The quantitative estimate of drug-likeness (QED) is 0.620. The summed E-state index contributed by atoms with van der Waals surface area (Å²) in [5.74, 6) is 0.623. The maximum atomic E-state index is 13.0. The van der Waals surface area contributed by atoms with E-state index in [1.54, 1.807) is 23.7 Å². The smallest absolute Gasteiger partial charge is 0.276 e. The van der Waals surface area contributed by atoms with Gasteiger partial charge in [-0.15, -0.1) is 5.10 Å². The van der Waals surface area contributed by atoms with Crippen LogP contribution >= 0.6 is 0 Å². The Bertz CT molecular complexity index is 1040. The second-order valence-electron chi connectivity index (χ2n) is 7.40. The molecule has 1 aliphatic rings. The minimum atomic E-state index is -0.175. The molecule has 1 amide bonds. The molecule has 0 aliphatic carbocycles. The second-order valence-corrected chi connectivity index (χ2v) is 7.40. The number of methoxy groups -OCH3 is 1. The number of rotatable bonds is 6. The number of fused-ring (bicyclic) bond motifs is 1. The van der Waals surface area contributed by atoms with Gasteiger partial charge >= 0.3 is 0 Å². The van der Waals surface area contributed by atoms with Crippen LogP contribution in [0.1, 0.15) is 46.0 Å². The Hall–Kier alpha value is -3.20. The van der Waals surface area contributed by atoms with E-state index in [1.807, 2.05) is 49.0 Å². The highest BCUT2D eigenvalue weighted by Gasteiger charge is 2.29. The normalized spacial score (nSPS) is 15.7. The molecule has 4 rings (SSSR count). The van der Waals surface area contributed by atoms with Crippen LogP contribution in [-0.2, 0) is 31.0 Å². The molecule has 0 unspecified atom stereocenters. The van der Waals surface area contributed by atoms with Crippen molar-refractivity contribution in [2.24, 2.45) is 0 Å². The van der Waals surface area contributed by atoms with Gasteiger partial charge in [0.2, 0.25) is 0 Å². The zero-order valence-electron chi connectivity index (χ0n) is 17.7. The lowest BCUT2D eigenvalue weighted by molar-refractivity contribution is -0.00194. The van der Waals surface area contributed by atoms with Gasteiger partial charge in [0.05, 0.1) is 31.6 Å². The molecule has 3 aromatic rings. The zero-order chi connectivity index (χ0) is 21.3. The summed E-state index contributed by atoms with van der Waals surface area (Å²) in [5.41, 5.74) is 4.02. The van der Waals surface area contributed by atoms with Crippen molar-refractivity contribution in [1.82, 2.24) is 29.7 Å². The fraction of sp³-hybridized carbons (Fsp3) is 0.429. The lowest BCUT2D eigenvalue weighted by atomic mass is 10.1. The summed E-state index contributed by atoms with van der Waals surface area (Å²) < 4.78 is 14.9. The van der Waals surface area contributed by atoms with Gasteiger partial charge in [0, 0.05) is 31.9 Å². The molecular weight excluding hydrogens is 384 g/mol. The fourth-order valence-electron chi connectivity index (χ4n) is 3.58. The Kier molecular flexibility index (Phi) is 5.54. The van der Waals surface area contributed by atoms with Crippen molar-refractivity contribution in [3.63, 3.8) is 0 Å². The summed E-state index contributed by atoms with van der Waals surface area (Å²) in [5, 5.41) is 12.8. The zero-order valence-corrected chi connectivity index (χ0v) is 17.7. The summed E-state index contributed by atoms with van der Waals surface area (Å²) in [6, 6.07) is 7.76. The molecule has 1 aliphatic heterocycles. The summed E-state index contributed by atoms with van der Waals surface area (Å²) in [6.45, 7) is 6.04. The number of nitrogens with zero attached hydrogens (tertiary/aromatic N) is 6. The summed E-state index contributed by atoms with van der Waals surface area (Å²) in [7, 11) is 3.40. The number of carbonyl (C=O) groups is 1. The third kappa shape index (κ3) is 3.80. The van der Waals surface area contributed by atoms with E-state index >= 15 is 0 Å². The van der Waals surface area contributed by atoms with Crippen molar-refractivity contribution in [2.75, 3.05) is 14.2 Å². The van der Waals surface area contributed by atoms with Crippen molar-refractivity contribution in [3.8, 4) is 5.75 Å². The SMILES string of the molecule is CCn1cc(CN(C)C(=O)c2nnn3c2CO[C@H](c2ccc(OC)cc2)C3)c(C)n1. The van der Waals surface area contributed by atoms with Gasteiger partial charge < -0.3 is 14.4 Å². The molecule has 0 spiro atoms. The average molecular weight is 410 g/mol. The van der Waals surface area contributed by atoms with Crippen molar-refractivity contribution in [1.29, 1.82) is 0 Å². The first-order valence-corrected chi connectivity index (χ1v) is 9.96. The first-order valence-electron chi connectivity index (χ1n) is 9.96. The second kappa shape index (κ2) is 8.27. The molecule has 0 bridgehead atoms. The highest BCUT2D eigenvalue weighted by molar-refractivity contribution is 5.93. The Morgan fingerprint density at radius 2 is 2.10 bits per heavy atom. The molecule has 0 N–H and O–H groups in total. The average Bonchev–Trinajstić information content (AvgIpc) is 3.35. The number of aryl methyl sites for hydroxylation is 2. The molecule has 30 heavy (non-hydrogen) atoms. The van der Waals surface area contributed by atoms with Crippen LogP contribution in [0.5, 0.6) is 5.75 Å². The number of aromatic nitrogens is 5. The predicted molar refractivity (Wildman–Crippen MR) is 109 cm³/mol. The van der Waals surface area contributed by atoms with Crippen molar-refractivity contribution in [2.45, 2.75) is 46.2 Å². The van der Waals surface area contributed by atoms with Gasteiger partial charge in [-0.05, 0) is 31.5 Å². The molecule has 0 saturated carbocycles. The van der Waals surface area contributed by atoms with Crippen molar-refractivity contribution >= 4 is 5.91 Å². The van der Waals surface area contributed by atoms with Crippen LogP contribution in [-0.4, -0.2) is 49.7 Å². The summed E-state index contributed by atoms with van der Waals surface area (Å²) >= 11 is 0. The van der Waals surface area contributed by atoms with Crippen LogP contribution in [0.2, 0.25) is 0 Å². The molecule has 1 aromatic carbocycles. The van der Waals surface area contributed by atoms with Gasteiger partial charge in [-0.3, -0.25) is 9.48 Å². The molecule has 0 fully saturated rings. The maximum absolute atomic E-state index is 13.0. The van der Waals surface area contributed by atoms with Crippen LogP contribution in [0.4, 0.5) is 0 Å². The number of carbonyl (C=O) groups excluding carboxylic acids is 1. The molecule has 0 radical (unpaired) electrons. The minimum Gasteiger partial charge on any atom is -0.497 e. The number of hydrogen-bond acceptors (Lipinski definition) is 6. The Morgan fingerprint density at radius 1 is 1.33 bits per heavy atom. The molecule has 3 heterocycles. The van der Waals surface area contributed by atoms with E-state index in [4.69, 9.17) is 9.47 Å². The molecule has 2 aromatic heterocycles. The van der Waals surface area contributed by atoms with E-state index in [2.05, 4.69) is 15.4 Å². The van der Waals surface area contributed by atoms with E-state index in [1.165, 1.54) is 0 Å². The van der Waals surface area contributed by atoms with Gasteiger partial charge in [0.25, 0.3) is 5.91 Å². The number of hydrogen-bond donors (Lipinski definition) is 0. The van der Waals surface area contributed by atoms with Crippen LogP contribution in [0.25, 0.3) is 0 Å². The standard InChI is InChI=1S/C21H26N6O3/c1-5-26-11-16(14(2)23-26)10-25(3)21(28)20-18-13-30-19(12-27(18)24-22-20)15-6-8-17(29-4)9-7-15/h6-9,11,19H,5,10,12-13H2,1-4H3/t19-/m0/s1. The van der Waals surface area contributed by atoms with E-state index < -0.39 is 0 Å². The number of benzene rings is 1. The van der Waals surface area contributed by atoms with E-state index in [0.29, 0.717) is 24.5 Å². The topological polar surface area (TPSA) is 87.3 Å². The van der Waals surface area contributed by atoms with Gasteiger partial charge in [-0.2, -0.15) is 5.10 Å². The van der Waals surface area contributed by atoms with Crippen LogP contribution < -0.4 is 4.74 Å². The van der Waals surface area contributed by atoms with E-state index in [0.717, 1.165) is 29.1 Å². The van der Waals surface area contributed by atoms with Crippen LogP contribution in [0.3, 0.4) is 0 Å². The van der Waals surface area contributed by atoms with Gasteiger partial charge in [-0.1, -0.05) is 17.3 Å². The molecule has 158 valence electrons. The molecule has 9 heteroatoms. The third-order valence-corrected chi connectivity index (χ3v) is 5.41. The maximum Gasteiger partial charge on any atom is 0.276 e. The van der Waals surface area contributed by atoms with E-state index in [-0.39, 0.29) is 18.6 Å². The lowest BCUT2D eigenvalue weighted by Crippen LogP contribution is -2.29. The molecule has 1 atom stereocenters. The monoisotopic (exact) mass is 410 g/mol. The fourth-order valence-corrected chi connectivity index (χ4v) is 3.58.